The Balaban J connectivity index is 1.38. The molecule has 0 radical (unpaired) electrons. The number of halogens is 2. The molecule has 1 aromatic heterocycles. The summed E-state index contributed by atoms with van der Waals surface area (Å²) in [6.45, 7) is 0. The minimum Gasteiger partial charge on any atom is -0.493 e. The van der Waals surface area contributed by atoms with E-state index in [2.05, 4.69) is 38.1 Å². The lowest BCUT2D eigenvalue weighted by Crippen LogP contribution is -2.19. The summed E-state index contributed by atoms with van der Waals surface area (Å²) in [6, 6.07) is 26.9. The number of fused-ring (bicyclic) bond motifs is 1. The van der Waals surface area contributed by atoms with Crippen LogP contribution in [0.25, 0.3) is 22.0 Å². The first-order valence-electron chi connectivity index (χ1n) is 11.8. The number of hydrazone groups is 1. The van der Waals surface area contributed by atoms with Crippen LogP contribution < -0.4 is 14.9 Å². The molecule has 0 bridgehead atoms. The van der Waals surface area contributed by atoms with E-state index in [0.717, 1.165) is 20.0 Å². The Bertz CT molecular complexity index is 1720. The Morgan fingerprint density at radius 3 is 2.49 bits per heavy atom. The number of hydrogen-bond acceptors (Lipinski definition) is 5. The van der Waals surface area contributed by atoms with Crippen LogP contribution in [0.5, 0.6) is 11.5 Å². The number of methoxy groups -OCH3 is 1. The number of hydrogen-bond donors (Lipinski definition) is 2. The van der Waals surface area contributed by atoms with Gasteiger partial charge in [-0.05, 0) is 70.6 Å². The average molecular weight is 650 g/mol. The van der Waals surface area contributed by atoms with Gasteiger partial charge in [-0.15, -0.1) is 0 Å². The van der Waals surface area contributed by atoms with Crippen molar-refractivity contribution in [3.05, 3.63) is 116 Å². The third kappa shape index (κ3) is 5.67. The maximum atomic E-state index is 13.3. The van der Waals surface area contributed by atoms with E-state index >= 15 is 0 Å². The van der Waals surface area contributed by atoms with Crippen LogP contribution in [-0.2, 0) is 0 Å². The number of amides is 1. The van der Waals surface area contributed by atoms with Gasteiger partial charge in [-0.25, -0.2) is 10.2 Å². The molecule has 5 aromatic rings. The first kappa shape index (κ1) is 26.5. The van der Waals surface area contributed by atoms with E-state index in [4.69, 9.17) is 21.1 Å². The van der Waals surface area contributed by atoms with Gasteiger partial charge in [0.2, 0.25) is 0 Å². The summed E-state index contributed by atoms with van der Waals surface area (Å²) in [4.78, 5) is 28.9. The van der Waals surface area contributed by atoms with Crippen LogP contribution in [-0.4, -0.2) is 30.2 Å². The molecule has 0 unspecified atom stereocenters. The second-order valence-electron chi connectivity index (χ2n) is 8.38. The van der Waals surface area contributed by atoms with Gasteiger partial charge < -0.3 is 14.5 Å². The number of nitrogens with zero attached hydrogens (tertiary/aromatic N) is 1. The maximum absolute atomic E-state index is 13.3. The SMILES string of the molecule is COc1cc(C=NNC(=O)c2[nH]c3c(I)cccc3c2-c2ccccc2Cl)ccc1OC(=O)c1ccccc1. The van der Waals surface area contributed by atoms with Crippen LogP contribution in [0.15, 0.2) is 96.1 Å². The lowest BCUT2D eigenvalue weighted by atomic mass is 10.0. The van der Waals surface area contributed by atoms with Gasteiger partial charge in [0.1, 0.15) is 5.69 Å². The fourth-order valence-corrected chi connectivity index (χ4v) is 4.96. The van der Waals surface area contributed by atoms with Gasteiger partial charge in [0.15, 0.2) is 11.5 Å². The second-order valence-corrected chi connectivity index (χ2v) is 9.95. The van der Waals surface area contributed by atoms with E-state index < -0.39 is 11.9 Å². The molecule has 0 aliphatic rings. The highest BCUT2D eigenvalue weighted by Gasteiger charge is 2.21. The lowest BCUT2D eigenvalue weighted by molar-refractivity contribution is 0.0729. The van der Waals surface area contributed by atoms with Crippen LogP contribution >= 0.6 is 34.2 Å². The molecule has 0 aliphatic carbocycles. The molecule has 0 atom stereocenters. The number of aromatic amines is 1. The molecule has 4 aromatic carbocycles. The van der Waals surface area contributed by atoms with Crippen molar-refractivity contribution in [3.63, 3.8) is 0 Å². The van der Waals surface area contributed by atoms with E-state index in [-0.39, 0.29) is 5.75 Å². The van der Waals surface area contributed by atoms with Crippen molar-refractivity contribution in [2.24, 2.45) is 5.10 Å². The third-order valence-corrected chi connectivity index (χ3v) is 7.16. The average Bonchev–Trinajstić information content (AvgIpc) is 3.35. The number of carbonyl (C=O) groups is 2. The van der Waals surface area contributed by atoms with Gasteiger partial charge in [0.25, 0.3) is 5.91 Å². The van der Waals surface area contributed by atoms with Crippen molar-refractivity contribution in [3.8, 4) is 22.6 Å². The van der Waals surface area contributed by atoms with Crippen LogP contribution in [0.2, 0.25) is 5.02 Å². The number of ether oxygens (including phenoxy) is 2. The predicted octanol–water partition coefficient (Wildman–Crippen LogP) is 7.08. The zero-order valence-corrected chi connectivity index (χ0v) is 23.5. The number of H-pyrrole nitrogens is 1. The molecule has 0 aliphatic heterocycles. The van der Waals surface area contributed by atoms with E-state index in [1.54, 1.807) is 48.5 Å². The molecule has 194 valence electrons. The van der Waals surface area contributed by atoms with Crippen molar-refractivity contribution < 1.29 is 19.1 Å². The minimum atomic E-state index is -0.495. The van der Waals surface area contributed by atoms with Gasteiger partial charge >= 0.3 is 5.97 Å². The molecular formula is C30H21ClIN3O4. The zero-order chi connectivity index (χ0) is 27.4. The van der Waals surface area contributed by atoms with Crippen LogP contribution in [0.1, 0.15) is 26.4 Å². The lowest BCUT2D eigenvalue weighted by Gasteiger charge is -2.10. The molecule has 39 heavy (non-hydrogen) atoms. The number of rotatable bonds is 7. The Morgan fingerprint density at radius 1 is 0.949 bits per heavy atom. The van der Waals surface area contributed by atoms with Crippen molar-refractivity contribution in [1.82, 2.24) is 10.4 Å². The third-order valence-electron chi connectivity index (χ3n) is 5.93. The summed E-state index contributed by atoms with van der Waals surface area (Å²) in [5, 5.41) is 5.56. The number of aromatic nitrogens is 1. The molecule has 1 amide bonds. The van der Waals surface area contributed by atoms with Gasteiger partial charge in [-0.3, -0.25) is 4.79 Å². The van der Waals surface area contributed by atoms with Crippen LogP contribution in [0.3, 0.4) is 0 Å². The van der Waals surface area contributed by atoms with Crippen LogP contribution in [0, 0.1) is 3.57 Å². The minimum absolute atomic E-state index is 0.268. The topological polar surface area (TPSA) is 92.8 Å². The molecule has 5 rings (SSSR count). The summed E-state index contributed by atoms with van der Waals surface area (Å²) in [6.07, 6.45) is 1.48. The summed E-state index contributed by atoms with van der Waals surface area (Å²) >= 11 is 8.73. The fraction of sp³-hybridized carbons (Fsp3) is 0.0333. The number of nitrogens with one attached hydrogen (secondary N) is 2. The summed E-state index contributed by atoms with van der Waals surface area (Å²) in [5.74, 6) is -0.302. The predicted molar refractivity (Wildman–Crippen MR) is 161 cm³/mol. The molecular weight excluding hydrogens is 629 g/mol. The standard InChI is InChI=1S/C30H21ClIN3O4/c1-38-25-16-18(14-15-24(25)39-30(37)19-8-3-2-4-9-19)17-33-35-29(36)28-26(20-10-5-6-12-22(20)31)21-11-7-13-23(32)27(21)34-28/h2-17,34H,1H3,(H,35,36). The summed E-state index contributed by atoms with van der Waals surface area (Å²) in [7, 11) is 1.48. The maximum Gasteiger partial charge on any atom is 0.343 e. The zero-order valence-electron chi connectivity index (χ0n) is 20.6. The molecule has 0 saturated carbocycles. The van der Waals surface area contributed by atoms with Crippen molar-refractivity contribution in [2.45, 2.75) is 0 Å². The Hall–Kier alpha value is -4.15. The molecule has 0 fully saturated rings. The highest BCUT2D eigenvalue weighted by atomic mass is 127. The van der Waals surface area contributed by atoms with Gasteiger partial charge in [0, 0.05) is 25.1 Å². The fourth-order valence-electron chi connectivity index (χ4n) is 4.10. The highest BCUT2D eigenvalue weighted by molar-refractivity contribution is 14.1. The van der Waals surface area contributed by atoms with Gasteiger partial charge in [0.05, 0.1) is 24.4 Å². The normalized spacial score (nSPS) is 11.1. The van der Waals surface area contributed by atoms with Gasteiger partial charge in [-0.1, -0.05) is 60.1 Å². The van der Waals surface area contributed by atoms with Gasteiger partial charge in [-0.2, -0.15) is 5.10 Å². The monoisotopic (exact) mass is 649 g/mol. The number of para-hydroxylation sites is 1. The molecule has 1 heterocycles. The van der Waals surface area contributed by atoms with Crippen molar-refractivity contribution >= 4 is 63.2 Å². The first-order valence-corrected chi connectivity index (χ1v) is 13.3. The van der Waals surface area contributed by atoms with Crippen LogP contribution in [0.4, 0.5) is 0 Å². The smallest absolute Gasteiger partial charge is 0.343 e. The summed E-state index contributed by atoms with van der Waals surface area (Å²) < 4.78 is 11.9. The molecule has 0 spiro atoms. The summed E-state index contributed by atoms with van der Waals surface area (Å²) in [5.41, 5.74) is 6.28. The second kappa shape index (κ2) is 11.7. The molecule has 9 heteroatoms. The van der Waals surface area contributed by atoms with E-state index in [1.807, 2.05) is 42.5 Å². The quantitative estimate of drug-likeness (QED) is 0.0648. The Morgan fingerprint density at radius 2 is 1.72 bits per heavy atom. The number of benzene rings is 4. The highest BCUT2D eigenvalue weighted by Crippen LogP contribution is 2.38. The van der Waals surface area contributed by atoms with E-state index in [0.29, 0.717) is 33.2 Å². The molecule has 0 saturated heterocycles. The number of esters is 1. The Kier molecular flexibility index (Phi) is 7.94. The molecule has 7 nitrogen and oxygen atoms in total. The number of carbonyl (C=O) groups excluding carboxylic acids is 2. The van der Waals surface area contributed by atoms with Crippen molar-refractivity contribution in [2.75, 3.05) is 7.11 Å². The largest absolute Gasteiger partial charge is 0.493 e. The Labute approximate surface area is 242 Å². The van der Waals surface area contributed by atoms with E-state index in [1.165, 1.54) is 13.3 Å². The first-order chi connectivity index (χ1) is 19.0. The van der Waals surface area contributed by atoms with Crippen molar-refractivity contribution in [1.29, 1.82) is 0 Å². The van der Waals surface area contributed by atoms with E-state index in [9.17, 15) is 9.59 Å². The molecule has 2 N–H and O–H groups in total.